The van der Waals surface area contributed by atoms with Crippen LogP contribution in [0.4, 0.5) is 4.39 Å². The van der Waals surface area contributed by atoms with Gasteiger partial charge in [-0.15, -0.1) is 0 Å². The van der Waals surface area contributed by atoms with Gasteiger partial charge in [-0.3, -0.25) is 0 Å². The molecule has 0 saturated carbocycles. The van der Waals surface area contributed by atoms with Crippen LogP contribution in [0.5, 0.6) is 11.5 Å². The van der Waals surface area contributed by atoms with Crippen LogP contribution in [0.2, 0.25) is 0 Å². The molecule has 1 aromatic carbocycles. The maximum atomic E-state index is 14.3. The monoisotopic (exact) mass is 267 g/mol. The van der Waals surface area contributed by atoms with E-state index in [1.165, 1.54) is 21.3 Å². The molecule has 6 heteroatoms. The van der Waals surface area contributed by atoms with Crippen LogP contribution in [-0.2, 0) is 11.2 Å². The number of esters is 1. The van der Waals surface area contributed by atoms with Crippen molar-refractivity contribution in [1.29, 1.82) is 5.26 Å². The summed E-state index contributed by atoms with van der Waals surface area (Å²) >= 11 is 0. The van der Waals surface area contributed by atoms with Crippen molar-refractivity contribution in [2.24, 2.45) is 0 Å². The van der Waals surface area contributed by atoms with E-state index >= 15 is 0 Å². The first-order chi connectivity index (χ1) is 9.03. The van der Waals surface area contributed by atoms with Gasteiger partial charge in [-0.1, -0.05) is 0 Å². The van der Waals surface area contributed by atoms with Gasteiger partial charge in [0.15, 0.2) is 17.3 Å². The van der Waals surface area contributed by atoms with E-state index in [1.807, 2.05) is 6.07 Å². The second-order valence-electron chi connectivity index (χ2n) is 3.69. The van der Waals surface area contributed by atoms with E-state index in [0.29, 0.717) is 5.56 Å². The zero-order chi connectivity index (χ0) is 14.6. The summed E-state index contributed by atoms with van der Waals surface area (Å²) in [5.74, 6) is -1.52. The van der Waals surface area contributed by atoms with Crippen LogP contribution in [0, 0.1) is 24.1 Å². The lowest BCUT2D eigenvalue weighted by atomic mass is 9.97. The molecule has 0 spiro atoms. The van der Waals surface area contributed by atoms with Crippen molar-refractivity contribution >= 4 is 5.97 Å². The highest BCUT2D eigenvalue weighted by atomic mass is 19.1. The van der Waals surface area contributed by atoms with Gasteiger partial charge in [0, 0.05) is 11.1 Å². The Kier molecular flexibility index (Phi) is 4.70. The van der Waals surface area contributed by atoms with Crippen LogP contribution in [-0.4, -0.2) is 27.3 Å². The van der Waals surface area contributed by atoms with Gasteiger partial charge in [-0.05, 0) is 6.92 Å². The smallest absolute Gasteiger partial charge is 0.338 e. The van der Waals surface area contributed by atoms with Crippen LogP contribution in [0.25, 0.3) is 0 Å². The maximum absolute atomic E-state index is 14.3. The lowest BCUT2D eigenvalue weighted by Gasteiger charge is -2.17. The molecule has 1 rings (SSSR count). The summed E-state index contributed by atoms with van der Waals surface area (Å²) in [7, 11) is 3.82. The molecule has 0 bridgehead atoms. The van der Waals surface area contributed by atoms with Gasteiger partial charge < -0.3 is 14.2 Å². The minimum Gasteiger partial charge on any atom is -0.492 e. The highest BCUT2D eigenvalue weighted by molar-refractivity contribution is 5.94. The predicted molar refractivity (Wildman–Crippen MR) is 64.9 cm³/mol. The van der Waals surface area contributed by atoms with E-state index in [1.54, 1.807) is 6.92 Å². The van der Waals surface area contributed by atoms with Gasteiger partial charge in [0.2, 0.25) is 0 Å². The number of ether oxygens (including phenoxy) is 3. The Morgan fingerprint density at radius 3 is 2.26 bits per heavy atom. The van der Waals surface area contributed by atoms with E-state index in [0.717, 1.165) is 0 Å². The van der Waals surface area contributed by atoms with Crippen molar-refractivity contribution in [2.45, 2.75) is 13.3 Å². The molecule has 0 unspecified atom stereocenters. The maximum Gasteiger partial charge on any atom is 0.338 e. The van der Waals surface area contributed by atoms with E-state index in [-0.39, 0.29) is 29.0 Å². The number of rotatable bonds is 4. The third-order valence-electron chi connectivity index (χ3n) is 2.74. The number of hydrogen-bond donors (Lipinski definition) is 0. The van der Waals surface area contributed by atoms with Crippen LogP contribution in [0.15, 0.2) is 0 Å². The fourth-order valence-corrected chi connectivity index (χ4v) is 1.91. The summed E-state index contributed by atoms with van der Waals surface area (Å²) in [4.78, 5) is 11.8. The minimum atomic E-state index is -0.785. The number of hydrogen-bond acceptors (Lipinski definition) is 5. The van der Waals surface area contributed by atoms with Crippen molar-refractivity contribution < 1.29 is 23.4 Å². The van der Waals surface area contributed by atoms with Crippen LogP contribution >= 0.6 is 0 Å². The van der Waals surface area contributed by atoms with Gasteiger partial charge >= 0.3 is 5.97 Å². The third kappa shape index (κ3) is 2.45. The molecule has 5 nitrogen and oxygen atoms in total. The van der Waals surface area contributed by atoms with E-state index < -0.39 is 11.8 Å². The predicted octanol–water partition coefficient (Wildman–Crippen LogP) is 2.00. The van der Waals surface area contributed by atoms with Crippen LogP contribution in [0.3, 0.4) is 0 Å². The molecule has 0 atom stereocenters. The molecule has 0 saturated heterocycles. The molecular weight excluding hydrogens is 253 g/mol. The van der Waals surface area contributed by atoms with Gasteiger partial charge in [0.1, 0.15) is 0 Å². The summed E-state index contributed by atoms with van der Waals surface area (Å²) in [5, 5.41) is 8.76. The summed E-state index contributed by atoms with van der Waals surface area (Å²) < 4.78 is 28.9. The summed E-state index contributed by atoms with van der Waals surface area (Å²) in [6.07, 6.45) is -0.266. The largest absolute Gasteiger partial charge is 0.492 e. The molecule has 0 N–H and O–H groups in total. The number of carbonyl (C=O) groups excluding carboxylic acids is 1. The number of carbonyl (C=O) groups is 1. The van der Waals surface area contributed by atoms with Gasteiger partial charge in [0.25, 0.3) is 0 Å². The van der Waals surface area contributed by atoms with Crippen molar-refractivity contribution in [3.05, 3.63) is 22.5 Å². The number of methoxy groups -OCH3 is 3. The first-order valence-corrected chi connectivity index (χ1v) is 5.41. The van der Waals surface area contributed by atoms with Crippen molar-refractivity contribution in [1.82, 2.24) is 0 Å². The summed E-state index contributed by atoms with van der Waals surface area (Å²) in [5.41, 5.74) is 0.321. The summed E-state index contributed by atoms with van der Waals surface area (Å²) in [6.45, 7) is 1.58. The third-order valence-corrected chi connectivity index (χ3v) is 2.74. The molecule has 0 aliphatic heterocycles. The SMILES string of the molecule is COC(=O)c1c(C)c(OC)c(OC)c(F)c1CC#N. The van der Waals surface area contributed by atoms with Gasteiger partial charge in [-0.25, -0.2) is 9.18 Å². The number of halogens is 1. The topological polar surface area (TPSA) is 68.6 Å². The Morgan fingerprint density at radius 1 is 1.26 bits per heavy atom. The zero-order valence-electron chi connectivity index (χ0n) is 11.2. The van der Waals surface area contributed by atoms with Gasteiger partial charge in [-0.2, -0.15) is 5.26 Å². The Bertz CT molecular complexity index is 549. The second kappa shape index (κ2) is 6.05. The standard InChI is InChI=1S/C13H14FNO4/c1-7-9(13(16)19-4)8(5-6-15)10(14)12(18-3)11(7)17-2/h5H2,1-4H3. The van der Waals surface area contributed by atoms with Crippen LogP contribution in [0.1, 0.15) is 21.5 Å². The molecule has 0 aromatic heterocycles. The Morgan fingerprint density at radius 2 is 1.84 bits per heavy atom. The van der Waals surface area contributed by atoms with Crippen molar-refractivity contribution in [3.8, 4) is 17.6 Å². The van der Waals surface area contributed by atoms with Crippen molar-refractivity contribution in [2.75, 3.05) is 21.3 Å². The molecule has 1 aromatic rings. The molecule has 0 amide bonds. The van der Waals surface area contributed by atoms with E-state index in [2.05, 4.69) is 4.74 Å². The molecule has 0 heterocycles. The molecule has 0 radical (unpaired) electrons. The quantitative estimate of drug-likeness (QED) is 0.780. The molecular formula is C13H14FNO4. The second-order valence-corrected chi connectivity index (χ2v) is 3.69. The van der Waals surface area contributed by atoms with E-state index in [4.69, 9.17) is 14.7 Å². The molecule has 0 aliphatic rings. The highest BCUT2D eigenvalue weighted by Crippen LogP contribution is 2.39. The fourth-order valence-electron chi connectivity index (χ4n) is 1.91. The average molecular weight is 267 g/mol. The fraction of sp³-hybridized carbons (Fsp3) is 0.385. The normalized spacial score (nSPS) is 9.68. The zero-order valence-corrected chi connectivity index (χ0v) is 11.2. The Hall–Kier alpha value is -2.29. The minimum absolute atomic E-state index is 0.000741. The van der Waals surface area contributed by atoms with Crippen LogP contribution < -0.4 is 9.47 Å². The first-order valence-electron chi connectivity index (χ1n) is 5.41. The highest BCUT2D eigenvalue weighted by Gasteiger charge is 2.27. The molecule has 0 aliphatic carbocycles. The number of nitriles is 1. The Balaban J connectivity index is 3.74. The Labute approximate surface area is 110 Å². The summed E-state index contributed by atoms with van der Waals surface area (Å²) in [6, 6.07) is 1.82. The van der Waals surface area contributed by atoms with Gasteiger partial charge in [0.05, 0.1) is 39.4 Å². The number of benzene rings is 1. The number of nitrogens with zero attached hydrogens (tertiary/aromatic N) is 1. The average Bonchev–Trinajstić information content (AvgIpc) is 2.41. The first kappa shape index (κ1) is 14.8. The molecule has 0 fully saturated rings. The lowest BCUT2D eigenvalue weighted by molar-refractivity contribution is 0.0597. The van der Waals surface area contributed by atoms with E-state index in [9.17, 15) is 9.18 Å². The van der Waals surface area contributed by atoms with Crippen molar-refractivity contribution in [3.63, 3.8) is 0 Å². The molecule has 102 valence electrons. The molecule has 19 heavy (non-hydrogen) atoms. The lowest BCUT2D eigenvalue weighted by Crippen LogP contribution is -2.13.